The molecule has 9 heteroatoms. The monoisotopic (exact) mass is 496 g/mol. The van der Waals surface area contributed by atoms with Crippen molar-refractivity contribution in [1.29, 1.82) is 0 Å². The molecule has 1 amide bonds. The molecule has 3 N–H and O–H groups in total. The zero-order chi connectivity index (χ0) is 22.1. The second kappa shape index (κ2) is 16.9. The van der Waals surface area contributed by atoms with Crippen LogP contribution in [0, 0.1) is 0 Å². The average Bonchev–Trinajstić information content (AvgIpc) is 2.65. The SMILES string of the molecule is CC(C)(C)OC(=O)SC[C@H](N)C(=O)OCCCCCCCCCCNC(=O)CBr. The summed E-state index contributed by atoms with van der Waals surface area (Å²) >= 11 is 4.01. The van der Waals surface area contributed by atoms with Crippen molar-refractivity contribution in [2.45, 2.75) is 83.8 Å². The van der Waals surface area contributed by atoms with Crippen LogP contribution in [0.2, 0.25) is 0 Å². The van der Waals surface area contributed by atoms with Crippen molar-refractivity contribution in [3.05, 3.63) is 0 Å². The highest BCUT2D eigenvalue weighted by Crippen LogP contribution is 2.15. The van der Waals surface area contributed by atoms with Crippen molar-refractivity contribution in [1.82, 2.24) is 5.32 Å². The molecule has 0 aromatic rings. The normalized spacial score (nSPS) is 12.3. The van der Waals surface area contributed by atoms with Crippen LogP contribution in [-0.4, -0.2) is 53.1 Å². The fourth-order valence-corrected chi connectivity index (χ4v) is 3.31. The summed E-state index contributed by atoms with van der Waals surface area (Å²) in [5.74, 6) is -0.297. The predicted molar refractivity (Wildman–Crippen MR) is 121 cm³/mol. The van der Waals surface area contributed by atoms with Gasteiger partial charge in [0.1, 0.15) is 11.6 Å². The summed E-state index contributed by atoms with van der Waals surface area (Å²) in [7, 11) is 0. The Morgan fingerprint density at radius 3 is 2.10 bits per heavy atom. The largest absolute Gasteiger partial charge is 0.465 e. The number of carbonyl (C=O) groups is 3. The van der Waals surface area contributed by atoms with Crippen molar-refractivity contribution >= 4 is 44.9 Å². The van der Waals surface area contributed by atoms with Gasteiger partial charge >= 0.3 is 11.3 Å². The summed E-state index contributed by atoms with van der Waals surface area (Å²) in [4.78, 5) is 34.5. The second-order valence-electron chi connectivity index (χ2n) is 7.86. The molecule has 0 aliphatic carbocycles. The maximum atomic E-state index is 11.8. The van der Waals surface area contributed by atoms with Gasteiger partial charge in [0.05, 0.1) is 11.9 Å². The standard InChI is InChI=1S/C20H37BrN2O5S/c1-20(2,3)28-19(26)29-15-16(22)18(25)27-13-11-9-7-5-4-6-8-10-12-23-17(24)14-21/h16H,4-15,22H2,1-3H3,(H,23,24)/t16-/m0/s1. The maximum absolute atomic E-state index is 11.8. The van der Waals surface area contributed by atoms with Gasteiger partial charge in [-0.05, 0) is 45.4 Å². The second-order valence-corrected chi connectivity index (χ2v) is 9.38. The molecule has 0 aliphatic rings. The third-order valence-electron chi connectivity index (χ3n) is 3.83. The molecule has 29 heavy (non-hydrogen) atoms. The molecule has 0 aromatic carbocycles. The molecule has 0 radical (unpaired) electrons. The van der Waals surface area contributed by atoms with Crippen LogP contribution in [-0.2, 0) is 19.1 Å². The molecular weight excluding hydrogens is 460 g/mol. The Balaban J connectivity index is 3.50. The van der Waals surface area contributed by atoms with Crippen molar-refractivity contribution in [2.24, 2.45) is 5.73 Å². The van der Waals surface area contributed by atoms with Crippen molar-refractivity contribution < 1.29 is 23.9 Å². The predicted octanol–water partition coefficient (Wildman–Crippen LogP) is 4.16. The fourth-order valence-electron chi connectivity index (χ4n) is 2.35. The third kappa shape index (κ3) is 18.9. The number of thioether (sulfide) groups is 1. The van der Waals surface area contributed by atoms with Gasteiger partial charge in [0.2, 0.25) is 5.91 Å². The molecule has 0 saturated carbocycles. The minimum Gasteiger partial charge on any atom is -0.465 e. The smallest absolute Gasteiger partial charge is 0.367 e. The van der Waals surface area contributed by atoms with Gasteiger partial charge in [0.15, 0.2) is 0 Å². The summed E-state index contributed by atoms with van der Waals surface area (Å²) in [6, 6.07) is -0.827. The summed E-state index contributed by atoms with van der Waals surface area (Å²) in [6.45, 7) is 6.46. The van der Waals surface area contributed by atoms with E-state index < -0.39 is 22.9 Å². The van der Waals surface area contributed by atoms with E-state index >= 15 is 0 Å². The van der Waals surface area contributed by atoms with E-state index in [9.17, 15) is 14.4 Å². The van der Waals surface area contributed by atoms with E-state index in [4.69, 9.17) is 15.2 Å². The molecule has 7 nitrogen and oxygen atoms in total. The van der Waals surface area contributed by atoms with Gasteiger partial charge in [0.25, 0.3) is 0 Å². The minimum atomic E-state index is -0.827. The Hall–Kier alpha value is -0.800. The van der Waals surface area contributed by atoms with E-state index in [1.807, 2.05) is 0 Å². The number of unbranched alkanes of at least 4 members (excludes halogenated alkanes) is 7. The fraction of sp³-hybridized carbons (Fsp3) is 0.850. The van der Waals surface area contributed by atoms with Gasteiger partial charge < -0.3 is 20.5 Å². The Labute approximate surface area is 187 Å². The summed E-state index contributed by atoms with van der Waals surface area (Å²) in [5, 5.41) is 2.76. The molecule has 1 atom stereocenters. The zero-order valence-corrected chi connectivity index (χ0v) is 20.4. The molecule has 0 aliphatic heterocycles. The first-order valence-electron chi connectivity index (χ1n) is 10.3. The minimum absolute atomic E-state index is 0.0356. The van der Waals surface area contributed by atoms with E-state index in [2.05, 4.69) is 21.2 Å². The quantitative estimate of drug-likeness (QED) is 0.199. The number of hydrogen-bond acceptors (Lipinski definition) is 7. The lowest BCUT2D eigenvalue weighted by atomic mass is 10.1. The highest BCUT2D eigenvalue weighted by molar-refractivity contribution is 9.09. The highest BCUT2D eigenvalue weighted by Gasteiger charge is 2.21. The van der Waals surface area contributed by atoms with Gasteiger partial charge in [-0.3, -0.25) is 9.59 Å². The first-order chi connectivity index (χ1) is 13.7. The number of rotatable bonds is 15. The summed E-state index contributed by atoms with van der Waals surface area (Å²) < 4.78 is 10.3. The molecule has 0 saturated heterocycles. The lowest BCUT2D eigenvalue weighted by Crippen LogP contribution is -2.35. The molecule has 0 heterocycles. The van der Waals surface area contributed by atoms with E-state index in [1.165, 1.54) is 12.8 Å². The highest BCUT2D eigenvalue weighted by atomic mass is 79.9. The Morgan fingerprint density at radius 2 is 1.55 bits per heavy atom. The average molecular weight is 497 g/mol. The van der Waals surface area contributed by atoms with Gasteiger partial charge in [-0.25, -0.2) is 4.79 Å². The van der Waals surface area contributed by atoms with Crippen LogP contribution in [0.4, 0.5) is 4.79 Å². The number of nitrogens with two attached hydrogens (primary N) is 1. The van der Waals surface area contributed by atoms with Crippen LogP contribution in [0.5, 0.6) is 0 Å². The topological polar surface area (TPSA) is 108 Å². The van der Waals surface area contributed by atoms with E-state index in [1.54, 1.807) is 20.8 Å². The molecule has 0 spiro atoms. The number of amides is 1. The molecular formula is C20H37BrN2O5S. The van der Waals surface area contributed by atoms with Gasteiger partial charge in [-0.2, -0.15) is 0 Å². The van der Waals surface area contributed by atoms with Crippen LogP contribution in [0.15, 0.2) is 0 Å². The molecule has 0 fully saturated rings. The lowest BCUT2D eigenvalue weighted by molar-refractivity contribution is -0.144. The van der Waals surface area contributed by atoms with Gasteiger partial charge in [-0.15, -0.1) is 0 Å². The third-order valence-corrected chi connectivity index (χ3v) is 5.19. The lowest BCUT2D eigenvalue weighted by Gasteiger charge is -2.19. The molecule has 0 rings (SSSR count). The zero-order valence-electron chi connectivity index (χ0n) is 18.0. The number of ether oxygens (including phenoxy) is 2. The molecule has 0 bridgehead atoms. The van der Waals surface area contributed by atoms with Crippen molar-refractivity contribution in [3.63, 3.8) is 0 Å². The van der Waals surface area contributed by atoms with Crippen LogP contribution in [0.1, 0.15) is 72.1 Å². The molecule has 0 aromatic heterocycles. The number of alkyl halides is 1. The number of carbonyl (C=O) groups excluding carboxylic acids is 3. The number of halogens is 1. The van der Waals surface area contributed by atoms with Gasteiger partial charge in [0, 0.05) is 12.3 Å². The van der Waals surface area contributed by atoms with E-state index in [-0.39, 0.29) is 11.7 Å². The number of hydrogen-bond donors (Lipinski definition) is 2. The van der Waals surface area contributed by atoms with Crippen molar-refractivity contribution in [3.8, 4) is 0 Å². The summed E-state index contributed by atoms with van der Waals surface area (Å²) in [6.07, 6.45) is 8.59. The van der Waals surface area contributed by atoms with Crippen LogP contribution < -0.4 is 11.1 Å². The first kappa shape index (κ1) is 28.2. The van der Waals surface area contributed by atoms with E-state index in [0.717, 1.165) is 56.8 Å². The Kier molecular flexibility index (Phi) is 16.5. The number of esters is 1. The van der Waals surface area contributed by atoms with Crippen LogP contribution in [0.25, 0.3) is 0 Å². The Bertz CT molecular complexity index is 486. The van der Waals surface area contributed by atoms with Crippen LogP contribution >= 0.6 is 27.7 Å². The summed E-state index contributed by atoms with van der Waals surface area (Å²) in [5.41, 5.74) is 5.20. The maximum Gasteiger partial charge on any atom is 0.367 e. The molecule has 170 valence electrons. The first-order valence-corrected chi connectivity index (χ1v) is 12.4. The van der Waals surface area contributed by atoms with Gasteiger partial charge in [-0.1, -0.05) is 54.5 Å². The number of nitrogens with one attached hydrogen (secondary N) is 1. The molecule has 0 unspecified atom stereocenters. The van der Waals surface area contributed by atoms with E-state index in [0.29, 0.717) is 11.9 Å². The van der Waals surface area contributed by atoms with Crippen LogP contribution in [0.3, 0.4) is 0 Å². The Morgan fingerprint density at radius 1 is 1.00 bits per heavy atom. The van der Waals surface area contributed by atoms with Crippen molar-refractivity contribution in [2.75, 3.05) is 24.2 Å².